The van der Waals surface area contributed by atoms with E-state index in [1.54, 1.807) is 0 Å². The molecule has 2 aromatic rings. The molecule has 0 radical (unpaired) electrons. The zero-order valence-corrected chi connectivity index (χ0v) is 59.3. The first-order valence-electron chi connectivity index (χ1n) is 34.1. The third-order valence-electron chi connectivity index (χ3n) is 15.1. The first-order valence-corrected chi connectivity index (χ1v) is 36.9. The van der Waals surface area contributed by atoms with Crippen LogP contribution in [0.2, 0.25) is 0 Å². The molecule has 0 aliphatic carbocycles. The molecule has 2 aromatic carbocycles. The van der Waals surface area contributed by atoms with Crippen LogP contribution in [0.4, 0.5) is 0 Å². The first-order chi connectivity index (χ1) is 42.6. The summed E-state index contributed by atoms with van der Waals surface area (Å²) in [4.78, 5) is 49.8. The Kier molecular flexibility index (Phi) is 55.8. The van der Waals surface area contributed by atoms with Crippen molar-refractivity contribution in [2.45, 2.75) is 294 Å². The number of hydrogen-bond donors (Lipinski definition) is 0. The van der Waals surface area contributed by atoms with Crippen LogP contribution in [0.5, 0.6) is 0 Å². The summed E-state index contributed by atoms with van der Waals surface area (Å²) >= 11 is 0. The molecule has 0 aromatic heterocycles. The second kappa shape index (κ2) is 58.2. The zero-order chi connectivity index (χ0) is 64.6. The fraction of sp³-hybridized carbons (Fsp3) is 0.667. The number of carbonyl (C=O) groups is 4. The SMILES string of the molecule is CCCCCCCCCC/C=C/CCOC(=O)c1ccc(S(=O)(=O)[O-])cc1C(=O)OCC/C=C/CCCCCCCCCC.CCCCCCCCCC/C=C/CCOC(=O)c1ccc(S(=O)(=O)[O-])cc1C(=O)OCC/C=C/CCCCCCCCCC.[Ca+2]. The van der Waals surface area contributed by atoms with Crippen molar-refractivity contribution in [1.29, 1.82) is 0 Å². The van der Waals surface area contributed by atoms with Crippen molar-refractivity contribution in [3.63, 3.8) is 0 Å². The quantitative estimate of drug-likeness (QED) is 0.0150. The number of benzene rings is 2. The van der Waals surface area contributed by atoms with Crippen molar-refractivity contribution in [1.82, 2.24) is 0 Å². The average molecular weight is 1310 g/mol. The van der Waals surface area contributed by atoms with Gasteiger partial charge >= 0.3 is 61.6 Å². The third kappa shape index (κ3) is 47.0. The Morgan fingerprint density at radius 3 is 0.708 bits per heavy atom. The van der Waals surface area contributed by atoms with Gasteiger partial charge in [-0.05, 0) is 113 Å². The van der Waals surface area contributed by atoms with Gasteiger partial charge < -0.3 is 28.1 Å². The molecule has 2 rings (SSSR count). The van der Waals surface area contributed by atoms with Gasteiger partial charge in [0.05, 0.1) is 58.5 Å². The van der Waals surface area contributed by atoms with Gasteiger partial charge in [0.15, 0.2) is 0 Å². The monoisotopic (exact) mass is 1310 g/mol. The fourth-order valence-corrected chi connectivity index (χ4v) is 10.8. The van der Waals surface area contributed by atoms with Crippen LogP contribution in [-0.2, 0) is 39.2 Å². The molecule has 0 heterocycles. The Morgan fingerprint density at radius 1 is 0.303 bits per heavy atom. The maximum atomic E-state index is 12.8. The molecule has 0 atom stereocenters. The van der Waals surface area contributed by atoms with E-state index in [-0.39, 0.29) is 86.4 Å². The summed E-state index contributed by atoms with van der Waals surface area (Å²) in [5.41, 5.74) is -0.841. The van der Waals surface area contributed by atoms with E-state index >= 15 is 0 Å². The maximum Gasteiger partial charge on any atom is 2.00 e. The van der Waals surface area contributed by atoms with Crippen LogP contribution in [0.15, 0.2) is 94.8 Å². The minimum absolute atomic E-state index is 0. The predicted octanol–water partition coefficient (Wildman–Crippen LogP) is 19.3. The van der Waals surface area contributed by atoms with Gasteiger partial charge in [-0.15, -0.1) is 0 Å². The summed E-state index contributed by atoms with van der Waals surface area (Å²) in [6.07, 6.45) is 62.6. The first kappa shape index (κ1) is 85.4. The van der Waals surface area contributed by atoms with E-state index in [9.17, 15) is 45.1 Å². The molecule has 0 N–H and O–H groups in total. The number of unbranched alkanes of at least 4 members (excludes halogenated alkanes) is 32. The van der Waals surface area contributed by atoms with Crippen LogP contribution in [0.1, 0.15) is 326 Å². The fourth-order valence-electron chi connectivity index (χ4n) is 9.77. The molecule has 0 saturated carbocycles. The van der Waals surface area contributed by atoms with E-state index in [0.717, 1.165) is 87.8 Å². The summed E-state index contributed by atoms with van der Waals surface area (Å²) in [6.45, 7) is 9.27. The molecule has 0 saturated heterocycles. The molecule has 0 amide bonds. The van der Waals surface area contributed by atoms with Crippen LogP contribution in [0, 0.1) is 0 Å². The summed E-state index contributed by atoms with van der Waals surface area (Å²) in [5.74, 6) is -3.28. The molecule has 0 aliphatic heterocycles. The van der Waals surface area contributed by atoms with Gasteiger partial charge in [-0.2, -0.15) is 0 Å². The Bertz CT molecular complexity index is 2330. The third-order valence-corrected chi connectivity index (χ3v) is 16.7. The Balaban J connectivity index is 0.00000172. The molecule has 500 valence electrons. The van der Waals surface area contributed by atoms with Crippen molar-refractivity contribution < 1.29 is 64.1 Å². The van der Waals surface area contributed by atoms with E-state index in [1.165, 1.54) is 180 Å². The average Bonchev–Trinajstić information content (AvgIpc) is 3.12. The number of esters is 4. The Morgan fingerprint density at radius 2 is 0.494 bits per heavy atom. The van der Waals surface area contributed by atoms with E-state index in [0.29, 0.717) is 25.7 Å². The van der Waals surface area contributed by atoms with Gasteiger partial charge in [0, 0.05) is 0 Å². The number of rotatable bonds is 54. The Hall–Kier alpha value is -3.64. The standard InChI is InChI=1S/2C36H58O7S.Ca/c2*1-3-5-7-9-11-13-15-17-19-21-23-25-29-42-35(37)33-28-27-32(44(39,40)41)31-34(33)36(38)43-30-26-24-22-20-18-16-14-12-10-8-6-4-2;/h2*21-24,27-28,31H,3-20,25-26,29-30H2,1-2H3,(H,39,40,41);/q;;+2/p-2/b2*23-21+,24-22+;. The van der Waals surface area contributed by atoms with Crippen LogP contribution in [0.3, 0.4) is 0 Å². The maximum absolute atomic E-state index is 12.8. The summed E-state index contributed by atoms with van der Waals surface area (Å²) in [6, 6.07) is 6.06. The smallest absolute Gasteiger partial charge is 0.744 e. The van der Waals surface area contributed by atoms with E-state index < -0.39 is 53.9 Å². The zero-order valence-electron chi connectivity index (χ0n) is 55.4. The van der Waals surface area contributed by atoms with Gasteiger partial charge in [0.1, 0.15) is 20.2 Å². The van der Waals surface area contributed by atoms with Crippen molar-refractivity contribution in [2.75, 3.05) is 26.4 Å². The van der Waals surface area contributed by atoms with Crippen molar-refractivity contribution in [3.05, 3.63) is 107 Å². The van der Waals surface area contributed by atoms with Gasteiger partial charge in [-0.3, -0.25) is 0 Å². The van der Waals surface area contributed by atoms with Crippen molar-refractivity contribution in [3.8, 4) is 0 Å². The van der Waals surface area contributed by atoms with Gasteiger partial charge in [0.2, 0.25) is 0 Å². The van der Waals surface area contributed by atoms with Gasteiger partial charge in [0.25, 0.3) is 0 Å². The topological polar surface area (TPSA) is 220 Å². The van der Waals surface area contributed by atoms with E-state index in [4.69, 9.17) is 18.9 Å². The normalized spacial score (nSPS) is 11.8. The summed E-state index contributed by atoms with van der Waals surface area (Å²) < 4.78 is 90.5. The number of hydrogen-bond acceptors (Lipinski definition) is 14. The Labute approximate surface area is 569 Å². The van der Waals surface area contributed by atoms with Crippen molar-refractivity contribution >= 4 is 81.9 Å². The van der Waals surface area contributed by atoms with Crippen LogP contribution >= 0.6 is 0 Å². The molecule has 0 spiro atoms. The number of allylic oxidation sites excluding steroid dienone is 4. The van der Waals surface area contributed by atoms with Gasteiger partial charge in [-0.25, -0.2) is 36.0 Å². The minimum Gasteiger partial charge on any atom is -0.744 e. The molecular formula is C72H114CaO14S2. The predicted molar refractivity (Wildman–Crippen MR) is 360 cm³/mol. The molecular weight excluding hydrogens is 1190 g/mol. The number of carbonyl (C=O) groups excluding carboxylic acids is 4. The molecule has 0 aliphatic rings. The molecule has 0 bridgehead atoms. The molecule has 0 unspecified atom stereocenters. The van der Waals surface area contributed by atoms with Crippen LogP contribution in [0.25, 0.3) is 0 Å². The number of ether oxygens (including phenoxy) is 4. The molecule has 14 nitrogen and oxygen atoms in total. The largest absolute Gasteiger partial charge is 2.00 e. The summed E-state index contributed by atoms with van der Waals surface area (Å²) in [5, 5.41) is 0. The van der Waals surface area contributed by atoms with E-state index in [2.05, 4.69) is 52.0 Å². The molecule has 0 fully saturated rings. The summed E-state index contributed by atoms with van der Waals surface area (Å²) in [7, 11) is -9.64. The molecule has 17 heteroatoms. The second-order valence-corrected chi connectivity index (χ2v) is 25.7. The van der Waals surface area contributed by atoms with E-state index in [1.807, 2.05) is 24.3 Å². The van der Waals surface area contributed by atoms with Crippen molar-refractivity contribution in [2.24, 2.45) is 0 Å². The molecule has 89 heavy (non-hydrogen) atoms. The minimum atomic E-state index is -4.82. The van der Waals surface area contributed by atoms with Crippen LogP contribution in [-0.4, -0.2) is 114 Å². The van der Waals surface area contributed by atoms with Crippen LogP contribution < -0.4 is 0 Å². The van der Waals surface area contributed by atoms with Gasteiger partial charge in [-0.1, -0.05) is 256 Å². The second-order valence-electron chi connectivity index (χ2n) is 23.0.